The van der Waals surface area contributed by atoms with Crippen LogP contribution in [0.4, 0.5) is 0 Å². The Labute approximate surface area is 123 Å². The predicted molar refractivity (Wildman–Crippen MR) is 42.5 cm³/mol. The zero-order valence-corrected chi connectivity index (χ0v) is 11.0. The third kappa shape index (κ3) is 5.25. The Balaban J connectivity index is 0. The van der Waals surface area contributed by atoms with Gasteiger partial charge in [-0.25, -0.2) is 0 Å². The largest absolute Gasteiger partial charge is 0.504 e. The zero-order chi connectivity index (χ0) is 8.27. The number of hydrogen-bond donors (Lipinski definition) is 3. The van der Waals surface area contributed by atoms with E-state index in [1.54, 1.807) is 6.07 Å². The Hall–Kier alpha value is 0.754. The SMILES string of the molecule is NCCc1ccc(O)c(O)c1.[Gd].[Tc]. The molecular weight excluding hydrogens is 397 g/mol. The molecule has 0 saturated heterocycles. The number of aromatic hydroxyl groups is 2. The summed E-state index contributed by atoms with van der Waals surface area (Å²) >= 11 is 0. The van der Waals surface area contributed by atoms with E-state index >= 15 is 0 Å². The van der Waals surface area contributed by atoms with Gasteiger partial charge in [-0.2, -0.15) is 0 Å². The molecule has 1 radical (unpaired) electrons. The Morgan fingerprint density at radius 2 is 1.77 bits per heavy atom. The van der Waals surface area contributed by atoms with E-state index in [0.29, 0.717) is 13.0 Å². The molecule has 0 fully saturated rings. The second kappa shape index (κ2) is 8.09. The summed E-state index contributed by atoms with van der Waals surface area (Å²) in [5.41, 5.74) is 6.24. The van der Waals surface area contributed by atoms with E-state index < -0.39 is 0 Å². The van der Waals surface area contributed by atoms with Gasteiger partial charge >= 0.3 is 0 Å². The summed E-state index contributed by atoms with van der Waals surface area (Å²) in [6.45, 7) is 0.546. The minimum absolute atomic E-state index is 0. The first kappa shape index (κ1) is 16.2. The predicted octanol–water partition coefficient (Wildman–Crippen LogP) is 0.596. The van der Waals surface area contributed by atoms with E-state index in [2.05, 4.69) is 0 Å². The van der Waals surface area contributed by atoms with Gasteiger partial charge < -0.3 is 15.9 Å². The van der Waals surface area contributed by atoms with Crippen LogP contribution in [0.3, 0.4) is 0 Å². The molecular formula is C8H11GdNO2Tc. The van der Waals surface area contributed by atoms with Crippen LogP contribution in [0.2, 0.25) is 0 Å². The fraction of sp³-hybridized carbons (Fsp3) is 0.250. The van der Waals surface area contributed by atoms with Crippen molar-refractivity contribution in [3.63, 3.8) is 0 Å². The minimum atomic E-state index is -0.0919. The van der Waals surface area contributed by atoms with E-state index in [9.17, 15) is 0 Å². The van der Waals surface area contributed by atoms with Crippen LogP contribution in [0.25, 0.3) is 0 Å². The molecule has 0 amide bonds. The summed E-state index contributed by atoms with van der Waals surface area (Å²) in [7, 11) is 0. The molecule has 0 spiro atoms. The Morgan fingerprint density at radius 1 is 1.15 bits per heavy atom. The first-order chi connectivity index (χ1) is 5.24. The van der Waals surface area contributed by atoms with Crippen LogP contribution < -0.4 is 5.73 Å². The van der Waals surface area contributed by atoms with Gasteiger partial charge in [0.05, 0.1) is 0 Å². The summed E-state index contributed by atoms with van der Waals surface area (Å²) in [6.07, 6.45) is 0.716. The number of nitrogens with two attached hydrogens (primary N) is 1. The van der Waals surface area contributed by atoms with Crippen molar-refractivity contribution < 1.29 is 70.3 Å². The summed E-state index contributed by atoms with van der Waals surface area (Å²) < 4.78 is 0. The third-order valence-electron chi connectivity index (χ3n) is 1.47. The van der Waals surface area contributed by atoms with Gasteiger partial charge in [-0.15, -0.1) is 0 Å². The van der Waals surface area contributed by atoms with Crippen molar-refractivity contribution in [2.24, 2.45) is 5.73 Å². The normalized spacial score (nSPS) is 8.38. The van der Waals surface area contributed by atoms with Gasteiger partial charge in [0, 0.05) is 60.0 Å². The van der Waals surface area contributed by atoms with Gasteiger partial charge in [-0.05, 0) is 30.7 Å². The molecule has 4 N–H and O–H groups in total. The van der Waals surface area contributed by atoms with Crippen LogP contribution in [0, 0.1) is 39.9 Å². The molecule has 1 aromatic rings. The van der Waals surface area contributed by atoms with Crippen molar-refractivity contribution in [3.05, 3.63) is 23.8 Å². The number of benzene rings is 1. The van der Waals surface area contributed by atoms with E-state index in [0.717, 1.165) is 5.56 Å². The molecule has 0 unspecified atom stereocenters. The zero-order valence-electron chi connectivity index (χ0n) is 6.85. The topological polar surface area (TPSA) is 66.5 Å². The molecule has 0 aliphatic heterocycles. The molecule has 13 heavy (non-hydrogen) atoms. The number of phenolic OH excluding ortho intramolecular Hbond substituents is 2. The number of phenols is 2. The second-order valence-corrected chi connectivity index (χ2v) is 2.36. The van der Waals surface area contributed by atoms with Gasteiger partial charge in [-0.1, -0.05) is 6.07 Å². The molecule has 1 rings (SSSR count). The molecule has 0 bridgehead atoms. The van der Waals surface area contributed by atoms with E-state index in [1.165, 1.54) is 12.1 Å². The fourth-order valence-electron chi connectivity index (χ4n) is 0.891. The molecule has 5 heteroatoms. The van der Waals surface area contributed by atoms with Crippen molar-refractivity contribution in [2.75, 3.05) is 6.54 Å². The monoisotopic (exact) mass is 408 g/mol. The van der Waals surface area contributed by atoms with Crippen molar-refractivity contribution in [1.29, 1.82) is 0 Å². The Bertz CT molecular complexity index is 258. The van der Waals surface area contributed by atoms with Crippen LogP contribution in [0.5, 0.6) is 11.5 Å². The first-order valence-electron chi connectivity index (χ1n) is 3.45. The average Bonchev–Trinajstić information content (AvgIpc) is 1.98. The maximum Gasteiger partial charge on any atom is 0.157 e. The van der Waals surface area contributed by atoms with Gasteiger partial charge in [0.2, 0.25) is 0 Å². The van der Waals surface area contributed by atoms with Crippen molar-refractivity contribution in [1.82, 2.24) is 0 Å². The van der Waals surface area contributed by atoms with Crippen LogP contribution in [0.1, 0.15) is 5.56 Å². The van der Waals surface area contributed by atoms with Gasteiger partial charge in [0.1, 0.15) is 0 Å². The average molecular weight is 408 g/mol. The van der Waals surface area contributed by atoms with Crippen molar-refractivity contribution >= 4 is 0 Å². The number of hydrogen-bond acceptors (Lipinski definition) is 3. The molecule has 3 nitrogen and oxygen atoms in total. The molecule has 1 aromatic carbocycles. The number of rotatable bonds is 2. The maximum absolute atomic E-state index is 9.04. The van der Waals surface area contributed by atoms with Crippen LogP contribution in [-0.2, 0) is 26.5 Å². The van der Waals surface area contributed by atoms with Crippen LogP contribution in [-0.4, -0.2) is 16.8 Å². The Kier molecular flexibility index (Phi) is 10.1. The molecule has 0 aliphatic rings. The summed E-state index contributed by atoms with van der Waals surface area (Å²) in [4.78, 5) is 0. The van der Waals surface area contributed by atoms with Crippen molar-refractivity contribution in [3.8, 4) is 11.5 Å². The quantitative estimate of drug-likeness (QED) is 0.628. The van der Waals surface area contributed by atoms with Gasteiger partial charge in [0.15, 0.2) is 11.5 Å². The molecule has 0 saturated carbocycles. The first-order valence-corrected chi connectivity index (χ1v) is 3.45. The van der Waals surface area contributed by atoms with Gasteiger partial charge in [-0.3, -0.25) is 0 Å². The summed E-state index contributed by atoms with van der Waals surface area (Å²) in [5, 5.41) is 18.0. The smallest absolute Gasteiger partial charge is 0.157 e. The minimum Gasteiger partial charge on any atom is -0.504 e. The molecule has 0 heterocycles. The van der Waals surface area contributed by atoms with Gasteiger partial charge in [0.25, 0.3) is 0 Å². The van der Waals surface area contributed by atoms with Crippen molar-refractivity contribution in [2.45, 2.75) is 6.42 Å². The standard InChI is InChI=1S/C8H11NO2.Gd.Tc/c9-4-3-6-1-2-7(10)8(11)5-6;;/h1-2,5,10-11H,3-4,9H2;;. The van der Waals surface area contributed by atoms with E-state index in [4.69, 9.17) is 15.9 Å². The second-order valence-electron chi connectivity index (χ2n) is 2.36. The third-order valence-corrected chi connectivity index (χ3v) is 1.47. The van der Waals surface area contributed by atoms with Crippen LogP contribution in [0.15, 0.2) is 18.2 Å². The van der Waals surface area contributed by atoms with E-state index in [1.807, 2.05) is 0 Å². The summed E-state index contributed by atoms with van der Waals surface area (Å²) in [6, 6.07) is 4.71. The Morgan fingerprint density at radius 3 is 2.23 bits per heavy atom. The summed E-state index contributed by atoms with van der Waals surface area (Å²) in [5.74, 6) is -0.179. The molecule has 0 aliphatic carbocycles. The van der Waals surface area contributed by atoms with Crippen LogP contribution >= 0.6 is 0 Å². The fourth-order valence-corrected chi connectivity index (χ4v) is 0.891. The molecule has 0 aromatic heterocycles. The molecule has 0 atom stereocenters. The maximum atomic E-state index is 9.04. The molecule has 75 valence electrons. The van der Waals surface area contributed by atoms with E-state index in [-0.39, 0.29) is 71.5 Å².